The van der Waals surface area contributed by atoms with Crippen molar-refractivity contribution in [1.82, 2.24) is 5.32 Å². The van der Waals surface area contributed by atoms with Crippen LogP contribution in [0.25, 0.3) is 0 Å². The van der Waals surface area contributed by atoms with Crippen molar-refractivity contribution in [2.75, 3.05) is 6.54 Å². The lowest BCUT2D eigenvalue weighted by Crippen LogP contribution is -2.35. The molecule has 0 saturated carbocycles. The fourth-order valence-electron chi connectivity index (χ4n) is 2.10. The fourth-order valence-corrected chi connectivity index (χ4v) is 2.10. The van der Waals surface area contributed by atoms with Crippen LogP contribution in [0.5, 0.6) is 0 Å². The van der Waals surface area contributed by atoms with E-state index >= 15 is 0 Å². The van der Waals surface area contributed by atoms with Gasteiger partial charge in [0.25, 0.3) is 0 Å². The Bertz CT molecular complexity index is 384. The zero-order valence-corrected chi connectivity index (χ0v) is 11.6. The van der Waals surface area contributed by atoms with Gasteiger partial charge >= 0.3 is 0 Å². The van der Waals surface area contributed by atoms with Gasteiger partial charge in [0, 0.05) is 11.6 Å². The maximum absolute atomic E-state index is 13.6. The highest BCUT2D eigenvalue weighted by Gasteiger charge is 2.22. The molecule has 2 atom stereocenters. The predicted octanol–water partition coefficient (Wildman–Crippen LogP) is 3.56. The average molecular weight is 271 g/mol. The van der Waals surface area contributed by atoms with E-state index in [1.807, 2.05) is 6.92 Å². The van der Waals surface area contributed by atoms with Crippen LogP contribution in [0.2, 0.25) is 0 Å². The van der Waals surface area contributed by atoms with Crippen LogP contribution >= 0.6 is 0 Å². The molecule has 1 aromatic carbocycles. The number of aliphatic hydroxyl groups excluding tert-OH is 1. The minimum Gasteiger partial charge on any atom is -0.387 e. The van der Waals surface area contributed by atoms with E-state index in [0.29, 0.717) is 6.42 Å². The van der Waals surface area contributed by atoms with E-state index in [-0.39, 0.29) is 11.6 Å². The summed E-state index contributed by atoms with van der Waals surface area (Å²) in [6, 6.07) is 2.92. The van der Waals surface area contributed by atoms with Crippen LogP contribution in [0.1, 0.15) is 51.2 Å². The second kappa shape index (κ2) is 8.23. The third-order valence-electron chi connectivity index (χ3n) is 3.28. The van der Waals surface area contributed by atoms with E-state index in [1.54, 1.807) is 0 Å². The number of aliphatic hydroxyl groups is 1. The molecule has 0 heterocycles. The lowest BCUT2D eigenvalue weighted by atomic mass is 9.99. The maximum atomic E-state index is 13.6. The van der Waals surface area contributed by atoms with E-state index in [2.05, 4.69) is 12.2 Å². The Labute approximate surface area is 113 Å². The molecule has 0 fully saturated rings. The van der Waals surface area contributed by atoms with Gasteiger partial charge in [-0.1, -0.05) is 26.7 Å². The number of hydrogen-bond acceptors (Lipinski definition) is 2. The summed E-state index contributed by atoms with van der Waals surface area (Å²) in [4.78, 5) is 0. The largest absolute Gasteiger partial charge is 0.387 e. The molecule has 0 aliphatic carbocycles. The third-order valence-corrected chi connectivity index (χ3v) is 3.28. The van der Waals surface area contributed by atoms with Crippen LogP contribution in [0, 0.1) is 11.6 Å². The van der Waals surface area contributed by atoms with Gasteiger partial charge in [0.15, 0.2) is 0 Å². The normalized spacial score (nSPS) is 14.4. The van der Waals surface area contributed by atoms with Gasteiger partial charge in [-0.15, -0.1) is 0 Å². The summed E-state index contributed by atoms with van der Waals surface area (Å²) >= 11 is 0. The lowest BCUT2D eigenvalue weighted by molar-refractivity contribution is 0.121. The zero-order valence-electron chi connectivity index (χ0n) is 11.6. The van der Waals surface area contributed by atoms with Crippen molar-refractivity contribution < 1.29 is 13.9 Å². The molecular formula is C15H23F2NO. The number of benzene rings is 1. The summed E-state index contributed by atoms with van der Waals surface area (Å²) in [5.41, 5.74) is 0.0230. The molecule has 0 aliphatic heterocycles. The van der Waals surface area contributed by atoms with E-state index in [1.165, 1.54) is 0 Å². The number of rotatable bonds is 8. The van der Waals surface area contributed by atoms with Crippen molar-refractivity contribution in [3.63, 3.8) is 0 Å². The van der Waals surface area contributed by atoms with Gasteiger partial charge < -0.3 is 10.4 Å². The number of unbranched alkanes of at least 4 members (excludes halogenated alkanes) is 2. The second-order valence-electron chi connectivity index (χ2n) is 4.79. The molecule has 108 valence electrons. The standard InChI is InChI=1S/C15H23F2NO/c1-3-5-6-9-18-14(4-2)15(19)12-10-11(16)7-8-13(12)17/h7-8,10,14-15,18-19H,3-6,9H2,1-2H3. The highest BCUT2D eigenvalue weighted by atomic mass is 19.1. The Morgan fingerprint density at radius 1 is 1.21 bits per heavy atom. The molecule has 0 bridgehead atoms. The first-order valence-corrected chi connectivity index (χ1v) is 6.96. The Hall–Kier alpha value is -1.00. The van der Waals surface area contributed by atoms with Crippen molar-refractivity contribution in [2.24, 2.45) is 0 Å². The van der Waals surface area contributed by atoms with E-state index in [9.17, 15) is 13.9 Å². The first-order valence-electron chi connectivity index (χ1n) is 6.96. The van der Waals surface area contributed by atoms with Crippen molar-refractivity contribution in [3.8, 4) is 0 Å². The smallest absolute Gasteiger partial charge is 0.129 e. The number of nitrogens with one attached hydrogen (secondary N) is 1. The highest BCUT2D eigenvalue weighted by molar-refractivity contribution is 5.22. The molecule has 1 aromatic rings. The fraction of sp³-hybridized carbons (Fsp3) is 0.600. The van der Waals surface area contributed by atoms with Crippen LogP contribution in [0.15, 0.2) is 18.2 Å². The Morgan fingerprint density at radius 3 is 2.58 bits per heavy atom. The van der Waals surface area contributed by atoms with Crippen molar-refractivity contribution in [1.29, 1.82) is 0 Å². The molecule has 2 unspecified atom stereocenters. The van der Waals surface area contributed by atoms with Crippen molar-refractivity contribution in [2.45, 2.75) is 51.7 Å². The quantitative estimate of drug-likeness (QED) is 0.709. The SMILES string of the molecule is CCCCCNC(CC)C(O)c1cc(F)ccc1F. The van der Waals surface area contributed by atoms with Gasteiger partial charge in [-0.3, -0.25) is 0 Å². The Kier molecular flexibility index (Phi) is 6.95. The first-order chi connectivity index (χ1) is 9.10. The molecule has 19 heavy (non-hydrogen) atoms. The van der Waals surface area contributed by atoms with Gasteiger partial charge in [-0.2, -0.15) is 0 Å². The molecule has 0 aliphatic rings. The summed E-state index contributed by atoms with van der Waals surface area (Å²) in [5, 5.41) is 13.4. The van der Waals surface area contributed by atoms with Crippen LogP contribution in [0.3, 0.4) is 0 Å². The summed E-state index contributed by atoms with van der Waals surface area (Å²) in [5.74, 6) is -1.10. The summed E-state index contributed by atoms with van der Waals surface area (Å²) < 4.78 is 26.7. The Morgan fingerprint density at radius 2 is 1.95 bits per heavy atom. The van der Waals surface area contributed by atoms with Gasteiger partial charge in [0.2, 0.25) is 0 Å². The van der Waals surface area contributed by atoms with Gasteiger partial charge in [0.1, 0.15) is 11.6 Å². The van der Waals surface area contributed by atoms with E-state index in [4.69, 9.17) is 0 Å². The van der Waals surface area contributed by atoms with Crippen molar-refractivity contribution in [3.05, 3.63) is 35.4 Å². The molecule has 4 heteroatoms. The van der Waals surface area contributed by atoms with E-state index < -0.39 is 17.7 Å². The topological polar surface area (TPSA) is 32.3 Å². The molecular weight excluding hydrogens is 248 g/mol. The van der Waals surface area contributed by atoms with Crippen molar-refractivity contribution >= 4 is 0 Å². The molecule has 2 N–H and O–H groups in total. The summed E-state index contributed by atoms with van der Waals surface area (Å²) in [7, 11) is 0. The Balaban J connectivity index is 2.66. The maximum Gasteiger partial charge on any atom is 0.129 e. The first kappa shape index (κ1) is 16.1. The molecule has 0 amide bonds. The average Bonchev–Trinajstić information content (AvgIpc) is 2.41. The third kappa shape index (κ3) is 4.88. The molecule has 0 saturated heterocycles. The molecule has 0 spiro atoms. The minimum atomic E-state index is -1.03. The molecule has 2 nitrogen and oxygen atoms in total. The van der Waals surface area contributed by atoms with Crippen LogP contribution < -0.4 is 5.32 Å². The van der Waals surface area contributed by atoms with Crippen LogP contribution in [-0.4, -0.2) is 17.7 Å². The second-order valence-corrected chi connectivity index (χ2v) is 4.79. The van der Waals surface area contributed by atoms with Gasteiger partial charge in [-0.25, -0.2) is 8.78 Å². The number of hydrogen-bond donors (Lipinski definition) is 2. The highest BCUT2D eigenvalue weighted by Crippen LogP contribution is 2.22. The summed E-state index contributed by atoms with van der Waals surface area (Å²) in [6.45, 7) is 4.81. The molecule has 0 aromatic heterocycles. The van der Waals surface area contributed by atoms with E-state index in [0.717, 1.165) is 44.0 Å². The van der Waals surface area contributed by atoms with Gasteiger partial charge in [-0.05, 0) is 37.6 Å². The predicted molar refractivity (Wildman–Crippen MR) is 72.9 cm³/mol. The number of halogens is 2. The minimum absolute atomic E-state index is 0.0230. The lowest BCUT2D eigenvalue weighted by Gasteiger charge is -2.23. The molecule has 1 rings (SSSR count). The van der Waals surface area contributed by atoms with Gasteiger partial charge in [0.05, 0.1) is 6.10 Å². The monoisotopic (exact) mass is 271 g/mol. The summed E-state index contributed by atoms with van der Waals surface area (Å²) in [6.07, 6.45) is 2.89. The van der Waals surface area contributed by atoms with Crippen LogP contribution in [-0.2, 0) is 0 Å². The molecule has 0 radical (unpaired) electrons. The van der Waals surface area contributed by atoms with Crippen LogP contribution in [0.4, 0.5) is 8.78 Å². The zero-order chi connectivity index (χ0) is 14.3.